The van der Waals surface area contributed by atoms with Crippen LogP contribution in [0.3, 0.4) is 0 Å². The zero-order valence-corrected chi connectivity index (χ0v) is 10.9. The van der Waals surface area contributed by atoms with E-state index in [1.54, 1.807) is 0 Å². The zero-order valence-electron chi connectivity index (χ0n) is 10.9. The number of likely N-dealkylation sites (tertiary alicyclic amines) is 1. The Hall–Kier alpha value is -0.610. The lowest BCUT2D eigenvalue weighted by molar-refractivity contribution is -0.151. The van der Waals surface area contributed by atoms with Gasteiger partial charge in [0.2, 0.25) is 0 Å². The highest BCUT2D eigenvalue weighted by atomic mass is 16.5. The molecule has 1 fully saturated rings. The molecule has 1 heterocycles. The summed E-state index contributed by atoms with van der Waals surface area (Å²) in [5.74, 6) is -0.0801. The normalized spacial score (nSPS) is 21.2. The van der Waals surface area contributed by atoms with Gasteiger partial charge in [-0.1, -0.05) is 0 Å². The van der Waals surface area contributed by atoms with Crippen LogP contribution in [0.2, 0.25) is 0 Å². The molecule has 16 heavy (non-hydrogen) atoms. The van der Waals surface area contributed by atoms with Gasteiger partial charge in [-0.15, -0.1) is 0 Å². The average Bonchev–Trinajstić information content (AvgIpc) is 2.21. The third-order valence-corrected chi connectivity index (χ3v) is 3.44. The van der Waals surface area contributed by atoms with Crippen molar-refractivity contribution >= 4 is 5.97 Å². The Morgan fingerprint density at radius 3 is 2.69 bits per heavy atom. The molecule has 0 radical (unpaired) electrons. The van der Waals surface area contributed by atoms with Crippen molar-refractivity contribution in [3.05, 3.63) is 0 Å². The number of carbonyl (C=O) groups excluding carboxylic acids is 1. The fraction of sp³-hybridized carbons (Fsp3) is 0.917. The molecule has 0 saturated carbocycles. The minimum atomic E-state index is -0.0801. The van der Waals surface area contributed by atoms with Gasteiger partial charge in [0.05, 0.1) is 7.11 Å². The maximum absolute atomic E-state index is 11.3. The number of ether oxygens (including phenoxy) is 1. The summed E-state index contributed by atoms with van der Waals surface area (Å²) >= 11 is 0. The summed E-state index contributed by atoms with van der Waals surface area (Å²) in [4.78, 5) is 15.9. The quantitative estimate of drug-likeness (QED) is 0.634. The van der Waals surface area contributed by atoms with E-state index in [0.29, 0.717) is 6.04 Å². The summed E-state index contributed by atoms with van der Waals surface area (Å²) in [5, 5.41) is 0. The molecule has 1 aliphatic rings. The van der Waals surface area contributed by atoms with E-state index >= 15 is 0 Å². The highest BCUT2D eigenvalue weighted by molar-refractivity contribution is 5.76. The van der Waals surface area contributed by atoms with Gasteiger partial charge in [-0.3, -0.25) is 9.69 Å². The van der Waals surface area contributed by atoms with Crippen molar-refractivity contribution in [2.45, 2.75) is 38.8 Å². The van der Waals surface area contributed by atoms with E-state index in [1.165, 1.54) is 7.11 Å². The molecule has 94 valence electrons. The predicted octanol–water partition coefficient (Wildman–Crippen LogP) is 0.964. The van der Waals surface area contributed by atoms with Crippen molar-refractivity contribution in [2.75, 3.05) is 33.8 Å². The van der Waals surface area contributed by atoms with Crippen LogP contribution < -0.4 is 0 Å². The lowest BCUT2D eigenvalue weighted by Crippen LogP contribution is -2.53. The maximum atomic E-state index is 11.3. The lowest BCUT2D eigenvalue weighted by atomic mass is 10.0. The zero-order chi connectivity index (χ0) is 12.1. The number of hydrogen-bond donors (Lipinski definition) is 0. The minimum absolute atomic E-state index is 0.0226. The van der Waals surface area contributed by atoms with Gasteiger partial charge in [0.1, 0.15) is 6.04 Å². The van der Waals surface area contributed by atoms with Crippen LogP contribution in [0.4, 0.5) is 0 Å². The molecule has 0 aromatic carbocycles. The molecule has 0 bridgehead atoms. The Bertz CT molecular complexity index is 231. The van der Waals surface area contributed by atoms with Crippen molar-refractivity contribution in [2.24, 2.45) is 0 Å². The van der Waals surface area contributed by atoms with Gasteiger partial charge in [-0.05, 0) is 40.3 Å². The van der Waals surface area contributed by atoms with Crippen molar-refractivity contribution < 1.29 is 9.53 Å². The molecule has 0 aliphatic carbocycles. The summed E-state index contributed by atoms with van der Waals surface area (Å²) in [6.07, 6.45) is 2.06. The monoisotopic (exact) mass is 228 g/mol. The van der Waals surface area contributed by atoms with Gasteiger partial charge < -0.3 is 9.64 Å². The van der Waals surface area contributed by atoms with Crippen LogP contribution in [-0.2, 0) is 9.53 Å². The van der Waals surface area contributed by atoms with Crippen molar-refractivity contribution in [3.8, 4) is 0 Å². The molecule has 1 rings (SSSR count). The Morgan fingerprint density at radius 2 is 2.25 bits per heavy atom. The second kappa shape index (κ2) is 6.21. The van der Waals surface area contributed by atoms with Crippen LogP contribution in [-0.4, -0.2) is 61.6 Å². The number of hydrogen-bond acceptors (Lipinski definition) is 4. The summed E-state index contributed by atoms with van der Waals surface area (Å²) in [7, 11) is 3.60. The Morgan fingerprint density at radius 1 is 1.56 bits per heavy atom. The van der Waals surface area contributed by atoms with Gasteiger partial charge in [-0.25, -0.2) is 0 Å². The molecule has 1 unspecified atom stereocenters. The van der Waals surface area contributed by atoms with Gasteiger partial charge in [0.15, 0.2) is 0 Å². The van der Waals surface area contributed by atoms with E-state index in [0.717, 1.165) is 32.5 Å². The molecule has 0 aromatic rings. The summed E-state index contributed by atoms with van der Waals surface area (Å²) in [6, 6.07) is 0.613. The molecule has 1 atom stereocenters. The summed E-state index contributed by atoms with van der Waals surface area (Å²) in [5.41, 5.74) is 0. The molecule has 0 spiro atoms. The predicted molar refractivity (Wildman–Crippen MR) is 64.4 cm³/mol. The molecule has 1 saturated heterocycles. The molecule has 4 nitrogen and oxygen atoms in total. The first-order chi connectivity index (χ1) is 7.56. The molecule has 0 N–H and O–H groups in total. The van der Waals surface area contributed by atoms with E-state index in [4.69, 9.17) is 4.74 Å². The fourth-order valence-corrected chi connectivity index (χ4v) is 1.89. The molecule has 4 heteroatoms. The van der Waals surface area contributed by atoms with Gasteiger partial charge in [-0.2, -0.15) is 0 Å². The summed E-state index contributed by atoms with van der Waals surface area (Å²) in [6.45, 7) is 7.51. The van der Waals surface area contributed by atoms with Gasteiger partial charge in [0, 0.05) is 19.1 Å². The highest BCUT2D eigenvalue weighted by Crippen LogP contribution is 2.18. The number of esters is 1. The third kappa shape index (κ3) is 3.46. The Kier molecular flexibility index (Phi) is 5.22. The van der Waals surface area contributed by atoms with Crippen LogP contribution in [0.25, 0.3) is 0 Å². The van der Waals surface area contributed by atoms with E-state index < -0.39 is 0 Å². The fourth-order valence-electron chi connectivity index (χ4n) is 1.89. The largest absolute Gasteiger partial charge is 0.468 e. The van der Waals surface area contributed by atoms with E-state index in [-0.39, 0.29) is 12.0 Å². The Labute approximate surface area is 98.5 Å². The first-order valence-corrected chi connectivity index (χ1v) is 6.08. The standard InChI is InChI=1S/C12H24N2O2/c1-10(2)13(3)7-5-8-14-9-6-11(14)12(15)16-4/h10-11H,5-9H2,1-4H3. The molecular formula is C12H24N2O2. The van der Waals surface area contributed by atoms with E-state index in [2.05, 4.69) is 30.7 Å². The second-order valence-electron chi connectivity index (χ2n) is 4.79. The maximum Gasteiger partial charge on any atom is 0.323 e. The molecular weight excluding hydrogens is 204 g/mol. The number of rotatable bonds is 6. The molecule has 0 amide bonds. The van der Waals surface area contributed by atoms with Crippen molar-refractivity contribution in [3.63, 3.8) is 0 Å². The number of methoxy groups -OCH3 is 1. The van der Waals surface area contributed by atoms with Crippen molar-refractivity contribution in [1.82, 2.24) is 9.80 Å². The van der Waals surface area contributed by atoms with Gasteiger partial charge in [0.25, 0.3) is 0 Å². The van der Waals surface area contributed by atoms with Gasteiger partial charge >= 0.3 is 5.97 Å². The first kappa shape index (κ1) is 13.5. The Balaban J connectivity index is 2.17. The van der Waals surface area contributed by atoms with E-state index in [1.807, 2.05) is 0 Å². The second-order valence-corrected chi connectivity index (χ2v) is 4.79. The van der Waals surface area contributed by atoms with Crippen molar-refractivity contribution in [1.29, 1.82) is 0 Å². The van der Waals surface area contributed by atoms with Crippen LogP contribution in [0, 0.1) is 0 Å². The van der Waals surface area contributed by atoms with E-state index in [9.17, 15) is 4.79 Å². The number of nitrogens with zero attached hydrogens (tertiary/aromatic N) is 2. The van der Waals surface area contributed by atoms with Crippen LogP contribution in [0.1, 0.15) is 26.7 Å². The van der Waals surface area contributed by atoms with Crippen LogP contribution in [0.5, 0.6) is 0 Å². The highest BCUT2D eigenvalue weighted by Gasteiger charge is 2.34. The minimum Gasteiger partial charge on any atom is -0.468 e. The molecule has 1 aliphatic heterocycles. The van der Waals surface area contributed by atoms with Crippen LogP contribution >= 0.6 is 0 Å². The lowest BCUT2D eigenvalue weighted by Gasteiger charge is -2.39. The smallest absolute Gasteiger partial charge is 0.323 e. The van der Waals surface area contributed by atoms with Crippen LogP contribution in [0.15, 0.2) is 0 Å². The molecule has 0 aromatic heterocycles. The summed E-state index contributed by atoms with van der Waals surface area (Å²) < 4.78 is 4.76. The topological polar surface area (TPSA) is 32.8 Å². The SMILES string of the molecule is COC(=O)C1CCN1CCCN(C)C(C)C. The average molecular weight is 228 g/mol. The number of carbonyl (C=O) groups is 1. The third-order valence-electron chi connectivity index (χ3n) is 3.44. The first-order valence-electron chi connectivity index (χ1n) is 6.08.